The lowest BCUT2D eigenvalue weighted by atomic mass is 9.92. The molecule has 0 radical (unpaired) electrons. The van der Waals surface area contributed by atoms with E-state index < -0.39 is 0 Å². The van der Waals surface area contributed by atoms with Gasteiger partial charge in [0.1, 0.15) is 5.78 Å². The Morgan fingerprint density at radius 2 is 2.00 bits per heavy atom. The summed E-state index contributed by atoms with van der Waals surface area (Å²) in [4.78, 5) is 11.5. The summed E-state index contributed by atoms with van der Waals surface area (Å²) < 4.78 is 0. The summed E-state index contributed by atoms with van der Waals surface area (Å²) in [6, 6.07) is 0. The molecule has 60 valence electrons. The number of hydrogen-bond donors (Lipinski definition) is 0. The van der Waals surface area contributed by atoms with Crippen LogP contribution in [0.1, 0.15) is 26.2 Å². The molecule has 3 unspecified atom stereocenters. The van der Waals surface area contributed by atoms with Crippen LogP contribution in [-0.4, -0.2) is 5.78 Å². The van der Waals surface area contributed by atoms with Crippen LogP contribution in [0.2, 0.25) is 0 Å². The van der Waals surface area contributed by atoms with Gasteiger partial charge in [-0.05, 0) is 36.5 Å². The molecule has 0 amide bonds. The van der Waals surface area contributed by atoms with Gasteiger partial charge in [0.15, 0.2) is 0 Å². The van der Waals surface area contributed by atoms with Crippen LogP contribution in [0.4, 0.5) is 0 Å². The van der Waals surface area contributed by atoms with E-state index in [1.165, 1.54) is 12.8 Å². The summed E-state index contributed by atoms with van der Waals surface area (Å²) in [5.41, 5.74) is 0. The van der Waals surface area contributed by atoms with Gasteiger partial charge in [-0.25, -0.2) is 0 Å². The van der Waals surface area contributed by atoms with Crippen molar-refractivity contribution in [2.24, 2.45) is 29.6 Å². The molecule has 3 atom stereocenters. The highest BCUT2D eigenvalue weighted by Gasteiger charge is 2.69. The van der Waals surface area contributed by atoms with Crippen molar-refractivity contribution in [3.63, 3.8) is 0 Å². The van der Waals surface area contributed by atoms with Crippen LogP contribution in [-0.2, 0) is 4.79 Å². The Hall–Kier alpha value is -0.330. The Labute approximate surface area is 67.2 Å². The molecule has 4 rings (SSSR count). The topological polar surface area (TPSA) is 17.1 Å². The molecule has 4 aliphatic carbocycles. The molecule has 0 saturated heterocycles. The van der Waals surface area contributed by atoms with Crippen molar-refractivity contribution in [2.75, 3.05) is 0 Å². The Morgan fingerprint density at radius 1 is 1.36 bits per heavy atom. The van der Waals surface area contributed by atoms with E-state index >= 15 is 0 Å². The first-order valence-corrected chi connectivity index (χ1v) is 4.85. The highest BCUT2D eigenvalue weighted by molar-refractivity contribution is 5.83. The first-order chi connectivity index (χ1) is 5.33. The lowest BCUT2D eigenvalue weighted by Gasteiger charge is -2.11. The normalized spacial score (nSPS) is 56.6. The molecule has 4 saturated carbocycles. The highest BCUT2D eigenvalue weighted by Crippen LogP contribution is 2.73. The third-order valence-corrected chi connectivity index (χ3v) is 4.19. The number of rotatable bonds is 2. The second-order valence-electron chi connectivity index (χ2n) is 4.48. The molecule has 0 spiro atoms. The molecule has 1 heteroatoms. The fraction of sp³-hybridized carbons (Fsp3) is 0.900. The van der Waals surface area contributed by atoms with E-state index in [2.05, 4.69) is 0 Å². The van der Waals surface area contributed by atoms with E-state index in [9.17, 15) is 4.79 Å². The average molecular weight is 150 g/mol. The molecule has 0 aromatic rings. The summed E-state index contributed by atoms with van der Waals surface area (Å²) in [5.74, 6) is 4.77. The smallest absolute Gasteiger partial charge is 0.136 e. The predicted molar refractivity (Wildman–Crippen MR) is 42.0 cm³/mol. The monoisotopic (exact) mass is 150 g/mol. The van der Waals surface area contributed by atoms with Gasteiger partial charge in [0, 0.05) is 12.3 Å². The van der Waals surface area contributed by atoms with Crippen LogP contribution in [0.3, 0.4) is 0 Å². The maximum absolute atomic E-state index is 11.5. The van der Waals surface area contributed by atoms with Gasteiger partial charge >= 0.3 is 0 Å². The largest absolute Gasteiger partial charge is 0.299 e. The van der Waals surface area contributed by atoms with E-state index in [4.69, 9.17) is 0 Å². The minimum atomic E-state index is 0.523. The van der Waals surface area contributed by atoms with Gasteiger partial charge in [-0.2, -0.15) is 0 Å². The maximum Gasteiger partial charge on any atom is 0.136 e. The zero-order chi connectivity index (χ0) is 7.59. The highest BCUT2D eigenvalue weighted by atomic mass is 16.1. The predicted octanol–water partition coefficient (Wildman–Crippen LogP) is 1.87. The summed E-state index contributed by atoms with van der Waals surface area (Å²) in [5, 5.41) is 0. The average Bonchev–Trinajstić information content (AvgIpc) is 2.47. The van der Waals surface area contributed by atoms with Crippen molar-refractivity contribution in [1.82, 2.24) is 0 Å². The molecular weight excluding hydrogens is 136 g/mol. The van der Waals surface area contributed by atoms with Gasteiger partial charge < -0.3 is 0 Å². The number of hydrogen-bond acceptors (Lipinski definition) is 1. The van der Waals surface area contributed by atoms with Crippen molar-refractivity contribution in [2.45, 2.75) is 26.2 Å². The third kappa shape index (κ3) is 0.567. The van der Waals surface area contributed by atoms with E-state index in [-0.39, 0.29) is 0 Å². The molecule has 0 N–H and O–H groups in total. The fourth-order valence-electron chi connectivity index (χ4n) is 3.79. The number of Topliss-reactive ketones (excluding diaryl/α,β-unsaturated/α-hetero) is 1. The minimum Gasteiger partial charge on any atom is -0.299 e. The van der Waals surface area contributed by atoms with Gasteiger partial charge in [0.25, 0.3) is 0 Å². The van der Waals surface area contributed by atoms with E-state index in [1.807, 2.05) is 6.92 Å². The molecule has 4 aliphatic rings. The van der Waals surface area contributed by atoms with Crippen molar-refractivity contribution in [3.8, 4) is 0 Å². The molecule has 0 aromatic carbocycles. The summed E-state index contributed by atoms with van der Waals surface area (Å²) in [6.45, 7) is 2.01. The summed E-state index contributed by atoms with van der Waals surface area (Å²) in [6.07, 6.45) is 3.56. The van der Waals surface area contributed by atoms with Crippen molar-refractivity contribution < 1.29 is 4.79 Å². The Morgan fingerprint density at radius 3 is 2.36 bits per heavy atom. The zero-order valence-corrected chi connectivity index (χ0v) is 6.92. The molecule has 4 fully saturated rings. The van der Waals surface area contributed by atoms with Crippen molar-refractivity contribution in [3.05, 3.63) is 0 Å². The van der Waals surface area contributed by atoms with Gasteiger partial charge in [0.05, 0.1) is 0 Å². The van der Waals surface area contributed by atoms with Crippen LogP contribution < -0.4 is 0 Å². The van der Waals surface area contributed by atoms with Crippen LogP contribution >= 0.6 is 0 Å². The molecular formula is C10H14O. The van der Waals surface area contributed by atoms with Crippen LogP contribution in [0.15, 0.2) is 0 Å². The standard InChI is InChI=1S/C10H14O/c1-2-8(11)9-5-3-6-7(4-5)10(6)9/h5-7,9-10H,2-4H2,1H3. The molecule has 0 aromatic heterocycles. The molecule has 0 heterocycles. The second kappa shape index (κ2) is 1.70. The lowest BCUT2D eigenvalue weighted by Crippen LogP contribution is -2.16. The van der Waals surface area contributed by atoms with E-state index in [1.54, 1.807) is 0 Å². The first kappa shape index (κ1) is 6.22. The van der Waals surface area contributed by atoms with E-state index in [0.29, 0.717) is 11.7 Å². The summed E-state index contributed by atoms with van der Waals surface area (Å²) >= 11 is 0. The van der Waals surface area contributed by atoms with Gasteiger partial charge in [0.2, 0.25) is 0 Å². The Bertz CT molecular complexity index is 207. The van der Waals surface area contributed by atoms with Crippen molar-refractivity contribution >= 4 is 5.78 Å². The van der Waals surface area contributed by atoms with Gasteiger partial charge in [-0.1, -0.05) is 6.92 Å². The van der Waals surface area contributed by atoms with Gasteiger partial charge in [-0.3, -0.25) is 4.79 Å². The van der Waals surface area contributed by atoms with Crippen LogP contribution in [0.5, 0.6) is 0 Å². The number of ketones is 1. The van der Waals surface area contributed by atoms with E-state index in [0.717, 1.165) is 30.1 Å². The maximum atomic E-state index is 11.5. The number of carbonyl (C=O) groups is 1. The Kier molecular flexibility index (Phi) is 0.961. The first-order valence-electron chi connectivity index (χ1n) is 4.85. The minimum absolute atomic E-state index is 0.523. The molecule has 0 aliphatic heterocycles. The van der Waals surface area contributed by atoms with Crippen molar-refractivity contribution in [1.29, 1.82) is 0 Å². The van der Waals surface area contributed by atoms with Crippen LogP contribution in [0, 0.1) is 29.6 Å². The molecule has 1 nitrogen and oxygen atoms in total. The summed E-state index contributed by atoms with van der Waals surface area (Å²) in [7, 11) is 0. The Balaban J connectivity index is 1.86. The number of carbonyl (C=O) groups excluding carboxylic acids is 1. The molecule has 11 heavy (non-hydrogen) atoms. The third-order valence-electron chi connectivity index (χ3n) is 4.19. The quantitative estimate of drug-likeness (QED) is 0.587. The second-order valence-corrected chi connectivity index (χ2v) is 4.48. The SMILES string of the molecule is CCC(=O)C1C2CC3C(C2)C31. The fourth-order valence-corrected chi connectivity index (χ4v) is 3.79. The zero-order valence-electron chi connectivity index (χ0n) is 6.92. The van der Waals surface area contributed by atoms with Gasteiger partial charge in [-0.15, -0.1) is 0 Å². The molecule has 4 bridgehead atoms. The van der Waals surface area contributed by atoms with Crippen LogP contribution in [0.25, 0.3) is 0 Å². The lowest BCUT2D eigenvalue weighted by molar-refractivity contribution is -0.123.